The lowest BCUT2D eigenvalue weighted by Gasteiger charge is -2.28. The summed E-state index contributed by atoms with van der Waals surface area (Å²) in [4.78, 5) is 2.45. The Balaban J connectivity index is 1.29. The number of para-hydroxylation sites is 2. The van der Waals surface area contributed by atoms with E-state index in [1.165, 1.54) is 70.0 Å². The van der Waals surface area contributed by atoms with Crippen LogP contribution in [0.4, 0.5) is 17.1 Å². The normalized spacial score (nSPS) is 11.3. The van der Waals surface area contributed by atoms with E-state index in [1.807, 2.05) is 11.3 Å². The van der Waals surface area contributed by atoms with Gasteiger partial charge < -0.3 is 4.90 Å². The van der Waals surface area contributed by atoms with Crippen molar-refractivity contribution in [1.29, 1.82) is 0 Å². The molecule has 0 aliphatic rings. The van der Waals surface area contributed by atoms with Crippen LogP contribution in [0.25, 0.3) is 64.3 Å². The van der Waals surface area contributed by atoms with Crippen LogP contribution in [0, 0.1) is 0 Å². The van der Waals surface area contributed by atoms with Gasteiger partial charge in [-0.05, 0) is 69.6 Å². The highest BCUT2D eigenvalue weighted by molar-refractivity contribution is 7.26. The Morgan fingerprint density at radius 1 is 0.354 bits per heavy atom. The average molecular weight is 630 g/mol. The molecule has 0 aliphatic carbocycles. The van der Waals surface area contributed by atoms with Gasteiger partial charge in [-0.25, -0.2) is 0 Å². The third-order valence-corrected chi connectivity index (χ3v) is 10.5. The molecule has 48 heavy (non-hydrogen) atoms. The van der Waals surface area contributed by atoms with Crippen molar-refractivity contribution in [2.24, 2.45) is 0 Å². The minimum absolute atomic E-state index is 1.13. The van der Waals surface area contributed by atoms with Gasteiger partial charge in [-0.3, -0.25) is 0 Å². The molecule has 0 radical (unpaired) electrons. The second kappa shape index (κ2) is 12.0. The van der Waals surface area contributed by atoms with E-state index in [4.69, 9.17) is 0 Å². The molecule has 0 atom stereocenters. The Morgan fingerprint density at radius 2 is 0.896 bits per heavy atom. The molecule has 9 rings (SSSR count). The lowest BCUT2D eigenvalue weighted by Crippen LogP contribution is -2.11. The summed E-state index contributed by atoms with van der Waals surface area (Å²) in [6.07, 6.45) is 0. The third-order valence-electron chi connectivity index (χ3n) is 9.27. The molecular weight excluding hydrogens is 599 g/mol. The number of nitrogens with zero attached hydrogens (tertiary/aromatic N) is 1. The number of anilines is 3. The van der Waals surface area contributed by atoms with E-state index in [1.54, 1.807) is 0 Å². The second-order valence-electron chi connectivity index (χ2n) is 12.1. The highest BCUT2D eigenvalue weighted by Crippen LogP contribution is 2.49. The maximum Gasteiger partial charge on any atom is 0.0555 e. The first-order valence-electron chi connectivity index (χ1n) is 16.4. The summed E-state index contributed by atoms with van der Waals surface area (Å²) in [7, 11) is 0. The van der Waals surface area contributed by atoms with Crippen LogP contribution in [0.5, 0.6) is 0 Å². The zero-order valence-corrected chi connectivity index (χ0v) is 27.1. The zero-order chi connectivity index (χ0) is 31.9. The fourth-order valence-corrected chi connectivity index (χ4v) is 8.29. The standard InChI is InChI=1S/C46H31NS/c1-4-15-32(16-5-1)33-27-29-35(30-28-33)37-21-12-13-24-42(37)47(36-19-8-3-9-20-36)43-25-14-26-44-45(43)41-31-40(34-17-6-2-7-18-34)38-22-10-11-23-39(38)46(41)48-44/h1-31H. The summed E-state index contributed by atoms with van der Waals surface area (Å²) >= 11 is 1.89. The minimum Gasteiger partial charge on any atom is -0.309 e. The molecule has 0 unspecified atom stereocenters. The molecule has 2 heteroatoms. The lowest BCUT2D eigenvalue weighted by atomic mass is 9.95. The van der Waals surface area contributed by atoms with Crippen LogP contribution in [-0.4, -0.2) is 0 Å². The van der Waals surface area contributed by atoms with Crippen molar-refractivity contribution in [3.8, 4) is 33.4 Å². The molecule has 8 aromatic carbocycles. The predicted octanol–water partition coefficient (Wildman–Crippen LogP) is 13.7. The molecule has 0 spiro atoms. The molecule has 1 aromatic heterocycles. The van der Waals surface area contributed by atoms with Crippen LogP contribution in [0.3, 0.4) is 0 Å². The number of fused-ring (bicyclic) bond motifs is 5. The molecule has 1 heterocycles. The first-order valence-corrected chi connectivity index (χ1v) is 17.2. The fraction of sp³-hybridized carbons (Fsp3) is 0. The molecule has 9 aromatic rings. The van der Waals surface area contributed by atoms with Gasteiger partial charge in [-0.15, -0.1) is 11.3 Å². The van der Waals surface area contributed by atoms with Gasteiger partial charge in [0.15, 0.2) is 0 Å². The Kier molecular flexibility index (Phi) is 7.07. The largest absolute Gasteiger partial charge is 0.309 e. The predicted molar refractivity (Wildman–Crippen MR) is 208 cm³/mol. The average Bonchev–Trinajstić information content (AvgIpc) is 3.56. The van der Waals surface area contributed by atoms with Crippen molar-refractivity contribution in [1.82, 2.24) is 0 Å². The van der Waals surface area contributed by atoms with Gasteiger partial charge >= 0.3 is 0 Å². The highest BCUT2D eigenvalue weighted by Gasteiger charge is 2.22. The maximum absolute atomic E-state index is 2.45. The summed E-state index contributed by atoms with van der Waals surface area (Å²) in [6, 6.07) is 68.0. The molecule has 0 N–H and O–H groups in total. The molecule has 0 amide bonds. The summed E-state index contributed by atoms with van der Waals surface area (Å²) in [5.74, 6) is 0. The van der Waals surface area contributed by atoms with Crippen LogP contribution in [0.2, 0.25) is 0 Å². The van der Waals surface area contributed by atoms with Crippen molar-refractivity contribution >= 4 is 59.3 Å². The van der Waals surface area contributed by atoms with E-state index < -0.39 is 0 Å². The van der Waals surface area contributed by atoms with Gasteiger partial charge in [-0.2, -0.15) is 0 Å². The molecule has 0 aliphatic heterocycles. The molecule has 226 valence electrons. The van der Waals surface area contributed by atoms with Crippen LogP contribution >= 0.6 is 11.3 Å². The summed E-state index contributed by atoms with van der Waals surface area (Å²) < 4.78 is 2.61. The number of hydrogen-bond acceptors (Lipinski definition) is 2. The number of rotatable bonds is 6. The van der Waals surface area contributed by atoms with Crippen LogP contribution < -0.4 is 4.90 Å². The molecule has 0 saturated carbocycles. The monoisotopic (exact) mass is 629 g/mol. The topological polar surface area (TPSA) is 3.24 Å². The number of benzene rings is 8. The quantitative estimate of drug-likeness (QED) is 0.177. The zero-order valence-electron chi connectivity index (χ0n) is 26.3. The molecule has 0 bridgehead atoms. The summed E-state index contributed by atoms with van der Waals surface area (Å²) in [5.41, 5.74) is 10.8. The SMILES string of the molecule is c1ccc(-c2ccc(-c3ccccc3N(c3ccccc3)c3cccc4sc5c6ccccc6c(-c6ccccc6)cc5c34)cc2)cc1. The smallest absolute Gasteiger partial charge is 0.0555 e. The van der Waals surface area contributed by atoms with Crippen LogP contribution in [0.1, 0.15) is 0 Å². The van der Waals surface area contributed by atoms with E-state index in [0.29, 0.717) is 0 Å². The van der Waals surface area contributed by atoms with E-state index in [9.17, 15) is 0 Å². The van der Waals surface area contributed by atoms with Crippen LogP contribution in [-0.2, 0) is 0 Å². The van der Waals surface area contributed by atoms with Gasteiger partial charge in [-0.1, -0.05) is 152 Å². The Morgan fingerprint density at radius 3 is 1.65 bits per heavy atom. The first kappa shape index (κ1) is 28.3. The molecule has 1 nitrogen and oxygen atoms in total. The maximum atomic E-state index is 2.45. The van der Waals surface area contributed by atoms with Crippen molar-refractivity contribution in [3.63, 3.8) is 0 Å². The van der Waals surface area contributed by atoms with Gasteiger partial charge in [0.1, 0.15) is 0 Å². The summed E-state index contributed by atoms with van der Waals surface area (Å²) in [5, 5.41) is 5.15. The fourth-order valence-electron chi connectivity index (χ4n) is 7.04. The third kappa shape index (κ3) is 4.86. The van der Waals surface area contributed by atoms with Gasteiger partial charge in [0.05, 0.1) is 11.4 Å². The van der Waals surface area contributed by atoms with Gasteiger partial charge in [0.25, 0.3) is 0 Å². The van der Waals surface area contributed by atoms with Crippen molar-refractivity contribution in [2.45, 2.75) is 0 Å². The van der Waals surface area contributed by atoms with E-state index >= 15 is 0 Å². The number of hydrogen-bond donors (Lipinski definition) is 0. The highest BCUT2D eigenvalue weighted by atomic mass is 32.1. The van der Waals surface area contributed by atoms with E-state index in [2.05, 4.69) is 193 Å². The minimum atomic E-state index is 1.13. The Hall–Kier alpha value is -5.96. The Bertz CT molecular complexity index is 2530. The Labute approximate surface area is 284 Å². The van der Waals surface area contributed by atoms with Crippen molar-refractivity contribution < 1.29 is 0 Å². The molecular formula is C46H31NS. The van der Waals surface area contributed by atoms with Crippen molar-refractivity contribution in [2.75, 3.05) is 4.90 Å². The van der Waals surface area contributed by atoms with Crippen molar-refractivity contribution in [3.05, 3.63) is 188 Å². The number of thiophene rings is 1. The van der Waals surface area contributed by atoms with Gasteiger partial charge in [0, 0.05) is 36.8 Å². The van der Waals surface area contributed by atoms with Crippen LogP contribution in [0.15, 0.2) is 188 Å². The van der Waals surface area contributed by atoms with E-state index in [0.717, 1.165) is 11.4 Å². The lowest BCUT2D eigenvalue weighted by molar-refractivity contribution is 1.30. The molecule has 0 saturated heterocycles. The van der Waals surface area contributed by atoms with E-state index in [-0.39, 0.29) is 0 Å². The van der Waals surface area contributed by atoms with Gasteiger partial charge in [0.2, 0.25) is 0 Å². The molecule has 0 fully saturated rings. The second-order valence-corrected chi connectivity index (χ2v) is 13.1. The summed E-state index contributed by atoms with van der Waals surface area (Å²) in [6.45, 7) is 0. The first-order chi connectivity index (χ1) is 23.8.